The predicted octanol–water partition coefficient (Wildman–Crippen LogP) is 4.38. The minimum absolute atomic E-state index is 0.0276. The van der Waals surface area contributed by atoms with Crippen LogP contribution in [0.5, 0.6) is 5.75 Å². The SMILES string of the molecule is COc1cccc([C@@H]2CCCN2C(=O)c2cnn3c(-c4ccccc4)ccnc23)c1. The highest BCUT2D eigenvalue weighted by Gasteiger charge is 2.32. The van der Waals surface area contributed by atoms with Crippen molar-refractivity contribution in [1.82, 2.24) is 19.5 Å². The number of benzene rings is 2. The van der Waals surface area contributed by atoms with Crippen LogP contribution in [-0.2, 0) is 0 Å². The van der Waals surface area contributed by atoms with Crippen LogP contribution in [0.4, 0.5) is 0 Å². The highest BCUT2D eigenvalue weighted by atomic mass is 16.5. The van der Waals surface area contributed by atoms with Crippen LogP contribution in [0.2, 0.25) is 0 Å². The first-order chi connectivity index (χ1) is 14.8. The van der Waals surface area contributed by atoms with E-state index in [0.29, 0.717) is 11.2 Å². The van der Waals surface area contributed by atoms with Crippen LogP contribution in [0.25, 0.3) is 16.9 Å². The van der Waals surface area contributed by atoms with E-state index in [1.54, 1.807) is 24.0 Å². The number of hydrogen-bond donors (Lipinski definition) is 0. The molecular formula is C24H22N4O2. The van der Waals surface area contributed by atoms with Crippen molar-refractivity contribution < 1.29 is 9.53 Å². The van der Waals surface area contributed by atoms with Gasteiger partial charge in [-0.05, 0) is 36.6 Å². The van der Waals surface area contributed by atoms with E-state index >= 15 is 0 Å². The molecule has 6 nitrogen and oxygen atoms in total. The molecule has 5 rings (SSSR count). The van der Waals surface area contributed by atoms with Gasteiger partial charge in [0.1, 0.15) is 11.3 Å². The van der Waals surface area contributed by atoms with Gasteiger partial charge in [0.05, 0.1) is 25.0 Å². The Morgan fingerprint density at radius 1 is 1.10 bits per heavy atom. The lowest BCUT2D eigenvalue weighted by Gasteiger charge is -2.25. The highest BCUT2D eigenvalue weighted by molar-refractivity contribution is 6.00. The maximum absolute atomic E-state index is 13.5. The summed E-state index contributed by atoms with van der Waals surface area (Å²) in [7, 11) is 1.66. The van der Waals surface area contributed by atoms with Gasteiger partial charge in [0.25, 0.3) is 5.91 Å². The van der Waals surface area contributed by atoms with Crippen molar-refractivity contribution in [2.75, 3.05) is 13.7 Å². The number of amides is 1. The summed E-state index contributed by atoms with van der Waals surface area (Å²) in [5, 5.41) is 4.50. The molecule has 0 spiro atoms. The van der Waals surface area contributed by atoms with Crippen molar-refractivity contribution in [1.29, 1.82) is 0 Å². The molecule has 30 heavy (non-hydrogen) atoms. The number of fused-ring (bicyclic) bond motifs is 1. The summed E-state index contributed by atoms with van der Waals surface area (Å²) in [4.78, 5) is 19.9. The first-order valence-electron chi connectivity index (χ1n) is 10.1. The fourth-order valence-corrected chi connectivity index (χ4v) is 4.23. The Kier molecular flexibility index (Phi) is 4.67. The third kappa shape index (κ3) is 3.10. The highest BCUT2D eigenvalue weighted by Crippen LogP contribution is 2.35. The maximum Gasteiger partial charge on any atom is 0.259 e. The monoisotopic (exact) mass is 398 g/mol. The van der Waals surface area contributed by atoms with Gasteiger partial charge in [-0.3, -0.25) is 4.79 Å². The Hall–Kier alpha value is -3.67. The van der Waals surface area contributed by atoms with Crippen molar-refractivity contribution >= 4 is 11.6 Å². The molecule has 1 fully saturated rings. The molecule has 2 aromatic heterocycles. The van der Waals surface area contributed by atoms with E-state index in [1.165, 1.54) is 0 Å². The van der Waals surface area contributed by atoms with Crippen LogP contribution in [0, 0.1) is 0 Å². The van der Waals surface area contributed by atoms with Gasteiger partial charge in [-0.25, -0.2) is 9.50 Å². The molecule has 6 heteroatoms. The normalized spacial score (nSPS) is 16.2. The van der Waals surface area contributed by atoms with Gasteiger partial charge in [-0.1, -0.05) is 42.5 Å². The molecule has 4 aromatic rings. The third-order valence-corrected chi connectivity index (χ3v) is 5.69. The molecule has 0 radical (unpaired) electrons. The summed E-state index contributed by atoms with van der Waals surface area (Å²) >= 11 is 0. The number of hydrogen-bond acceptors (Lipinski definition) is 4. The quantitative estimate of drug-likeness (QED) is 0.512. The minimum atomic E-state index is -0.0342. The van der Waals surface area contributed by atoms with Gasteiger partial charge in [0.2, 0.25) is 0 Å². The third-order valence-electron chi connectivity index (χ3n) is 5.69. The molecule has 150 valence electrons. The zero-order valence-corrected chi connectivity index (χ0v) is 16.7. The first kappa shape index (κ1) is 18.4. The van der Waals surface area contributed by atoms with Crippen LogP contribution in [0.1, 0.15) is 34.8 Å². The van der Waals surface area contributed by atoms with Crippen LogP contribution < -0.4 is 4.74 Å². The lowest BCUT2D eigenvalue weighted by molar-refractivity contribution is 0.0737. The van der Waals surface area contributed by atoms with E-state index in [4.69, 9.17) is 4.74 Å². The molecule has 1 atom stereocenters. The average molecular weight is 398 g/mol. The second kappa shape index (κ2) is 7.63. The second-order valence-electron chi connectivity index (χ2n) is 7.42. The van der Waals surface area contributed by atoms with Crippen LogP contribution in [0.3, 0.4) is 0 Å². The number of aromatic nitrogens is 3. The molecule has 0 saturated carbocycles. The Balaban J connectivity index is 1.52. The molecule has 1 aliphatic heterocycles. The Morgan fingerprint density at radius 2 is 1.97 bits per heavy atom. The Labute approximate surface area is 174 Å². The van der Waals surface area contributed by atoms with E-state index in [1.807, 2.05) is 59.5 Å². The minimum Gasteiger partial charge on any atom is -0.497 e. The van der Waals surface area contributed by atoms with Gasteiger partial charge in [-0.2, -0.15) is 5.10 Å². The molecule has 0 bridgehead atoms. The van der Waals surface area contributed by atoms with E-state index in [2.05, 4.69) is 16.1 Å². The molecular weight excluding hydrogens is 376 g/mol. The van der Waals surface area contributed by atoms with Gasteiger partial charge in [0.15, 0.2) is 5.65 Å². The standard InChI is InChI=1S/C24H22N4O2/c1-30-19-10-5-9-18(15-19)21-11-6-14-27(21)24(29)20-16-26-28-22(12-13-25-23(20)28)17-7-3-2-4-8-17/h2-5,7-10,12-13,15-16,21H,6,11,14H2,1H3/t21-/m0/s1. The largest absolute Gasteiger partial charge is 0.497 e. The van der Waals surface area contributed by atoms with Gasteiger partial charge in [0, 0.05) is 18.3 Å². The lowest BCUT2D eigenvalue weighted by Crippen LogP contribution is -2.30. The maximum atomic E-state index is 13.5. The number of methoxy groups -OCH3 is 1. The van der Waals surface area contributed by atoms with E-state index in [-0.39, 0.29) is 11.9 Å². The molecule has 2 aromatic carbocycles. The van der Waals surface area contributed by atoms with Crippen molar-refractivity contribution in [2.24, 2.45) is 0 Å². The zero-order chi connectivity index (χ0) is 20.5. The fourth-order valence-electron chi connectivity index (χ4n) is 4.23. The lowest BCUT2D eigenvalue weighted by atomic mass is 10.0. The van der Waals surface area contributed by atoms with Gasteiger partial charge >= 0.3 is 0 Å². The van der Waals surface area contributed by atoms with E-state index in [0.717, 1.165) is 42.0 Å². The number of likely N-dealkylation sites (tertiary alicyclic amines) is 1. The van der Waals surface area contributed by atoms with Crippen LogP contribution in [0.15, 0.2) is 73.1 Å². The number of nitrogens with zero attached hydrogens (tertiary/aromatic N) is 4. The molecule has 0 unspecified atom stereocenters. The summed E-state index contributed by atoms with van der Waals surface area (Å²) in [5.74, 6) is 0.769. The molecule has 1 saturated heterocycles. The second-order valence-corrected chi connectivity index (χ2v) is 7.42. The number of ether oxygens (including phenoxy) is 1. The Morgan fingerprint density at radius 3 is 2.80 bits per heavy atom. The zero-order valence-electron chi connectivity index (χ0n) is 16.7. The summed E-state index contributed by atoms with van der Waals surface area (Å²) in [6.45, 7) is 0.719. The first-order valence-corrected chi connectivity index (χ1v) is 10.1. The molecule has 0 N–H and O–H groups in total. The number of carbonyl (C=O) groups is 1. The van der Waals surface area contributed by atoms with Crippen LogP contribution >= 0.6 is 0 Å². The molecule has 1 aliphatic rings. The van der Waals surface area contributed by atoms with Gasteiger partial charge < -0.3 is 9.64 Å². The van der Waals surface area contributed by atoms with Crippen molar-refractivity contribution in [3.63, 3.8) is 0 Å². The smallest absolute Gasteiger partial charge is 0.259 e. The molecule has 3 heterocycles. The van der Waals surface area contributed by atoms with Crippen molar-refractivity contribution in [2.45, 2.75) is 18.9 Å². The summed E-state index contributed by atoms with van der Waals surface area (Å²) in [5.41, 5.74) is 4.14. The summed E-state index contributed by atoms with van der Waals surface area (Å²) in [6, 6.07) is 19.9. The summed E-state index contributed by atoms with van der Waals surface area (Å²) < 4.78 is 7.12. The molecule has 1 amide bonds. The summed E-state index contributed by atoms with van der Waals surface area (Å²) in [6.07, 6.45) is 5.27. The fraction of sp³-hybridized carbons (Fsp3) is 0.208. The number of rotatable bonds is 4. The Bertz CT molecular complexity index is 1200. The van der Waals surface area contributed by atoms with Crippen LogP contribution in [-0.4, -0.2) is 39.1 Å². The topological polar surface area (TPSA) is 59.7 Å². The average Bonchev–Trinajstić information content (AvgIpc) is 3.47. The molecule has 0 aliphatic carbocycles. The number of carbonyl (C=O) groups excluding carboxylic acids is 1. The van der Waals surface area contributed by atoms with Gasteiger partial charge in [-0.15, -0.1) is 0 Å². The van der Waals surface area contributed by atoms with Crippen molar-refractivity contribution in [3.05, 3.63) is 84.2 Å². The predicted molar refractivity (Wildman–Crippen MR) is 114 cm³/mol. The van der Waals surface area contributed by atoms with E-state index < -0.39 is 0 Å². The van der Waals surface area contributed by atoms with Crippen molar-refractivity contribution in [3.8, 4) is 17.0 Å². The van der Waals surface area contributed by atoms with E-state index in [9.17, 15) is 4.79 Å².